The Morgan fingerprint density at radius 1 is 1.03 bits per heavy atom. The minimum absolute atomic E-state index is 0.0568. The fourth-order valence-electron chi connectivity index (χ4n) is 5.25. The summed E-state index contributed by atoms with van der Waals surface area (Å²) < 4.78 is 5.19. The van der Waals surface area contributed by atoms with Crippen molar-refractivity contribution in [3.8, 4) is 5.75 Å². The molecule has 2 bridgehead atoms. The lowest BCUT2D eigenvalue weighted by molar-refractivity contribution is -0.130. The van der Waals surface area contributed by atoms with E-state index in [1.165, 1.54) is 12.1 Å². The molecular formula is C25H26Cl2N2O4. The van der Waals surface area contributed by atoms with Crippen LogP contribution in [0.3, 0.4) is 0 Å². The normalized spacial score (nSPS) is 26.3. The van der Waals surface area contributed by atoms with E-state index in [-0.39, 0.29) is 27.3 Å². The third-order valence-corrected chi connectivity index (χ3v) is 8.45. The fourth-order valence-corrected chi connectivity index (χ4v) is 5.73. The molecule has 0 aromatic heterocycles. The Morgan fingerprint density at radius 3 is 2.36 bits per heavy atom. The molecular weight excluding hydrogens is 463 g/mol. The molecule has 1 amide bonds. The number of fused-ring (bicyclic) bond motifs is 2. The standard InChI is InChI=1S/C25H26Cl2N2O4/c1-23(2)24(3)11-12-25(23,22(31)28-16-6-8-17(32-4)9-7-16)14-20(24)29-33-21(30)18-10-5-15(26)13-19(18)27/h5-10,13H,11-12,14H2,1-4H3,(H,28,31)/b29-20+. The van der Waals surface area contributed by atoms with Crippen LogP contribution in [0.25, 0.3) is 0 Å². The van der Waals surface area contributed by atoms with E-state index in [0.29, 0.717) is 22.8 Å². The monoisotopic (exact) mass is 488 g/mol. The SMILES string of the molecule is COc1ccc(NC(=O)C23CCC(C)(/C(=N/OC(=O)c4ccc(Cl)cc4Cl)C2)C3(C)C)cc1. The van der Waals surface area contributed by atoms with Crippen LogP contribution in [0.15, 0.2) is 47.6 Å². The molecule has 2 fully saturated rings. The van der Waals surface area contributed by atoms with Crippen molar-refractivity contribution in [3.05, 3.63) is 58.1 Å². The largest absolute Gasteiger partial charge is 0.497 e. The second-order valence-electron chi connectivity index (χ2n) is 9.44. The minimum atomic E-state index is -0.662. The summed E-state index contributed by atoms with van der Waals surface area (Å²) in [5.74, 6) is 0.00145. The maximum Gasteiger partial charge on any atom is 0.367 e. The van der Waals surface area contributed by atoms with Crippen molar-refractivity contribution in [2.24, 2.45) is 21.4 Å². The summed E-state index contributed by atoms with van der Waals surface area (Å²) in [5, 5.41) is 7.94. The summed E-state index contributed by atoms with van der Waals surface area (Å²) in [4.78, 5) is 31.4. The summed E-state index contributed by atoms with van der Waals surface area (Å²) in [6, 6.07) is 11.8. The topological polar surface area (TPSA) is 77.0 Å². The highest BCUT2D eigenvalue weighted by molar-refractivity contribution is 6.36. The summed E-state index contributed by atoms with van der Waals surface area (Å²) in [6.07, 6.45) is 1.92. The lowest BCUT2D eigenvalue weighted by atomic mass is 9.64. The van der Waals surface area contributed by atoms with E-state index in [1.54, 1.807) is 25.3 Å². The lowest BCUT2D eigenvalue weighted by Crippen LogP contribution is -2.43. The first-order valence-electron chi connectivity index (χ1n) is 10.7. The number of benzene rings is 2. The van der Waals surface area contributed by atoms with E-state index in [1.807, 2.05) is 12.1 Å². The summed E-state index contributed by atoms with van der Waals surface area (Å²) >= 11 is 12.0. The number of nitrogens with zero attached hydrogens (tertiary/aromatic N) is 1. The molecule has 33 heavy (non-hydrogen) atoms. The van der Waals surface area contributed by atoms with Crippen LogP contribution in [0, 0.1) is 16.2 Å². The number of hydrogen-bond donors (Lipinski definition) is 1. The molecule has 0 aliphatic heterocycles. The molecule has 6 nitrogen and oxygen atoms in total. The highest BCUT2D eigenvalue weighted by Crippen LogP contribution is 2.71. The van der Waals surface area contributed by atoms with Crippen LogP contribution in [-0.4, -0.2) is 24.7 Å². The van der Waals surface area contributed by atoms with Crippen LogP contribution in [0.1, 0.15) is 50.4 Å². The molecule has 2 aliphatic rings. The van der Waals surface area contributed by atoms with E-state index in [4.69, 9.17) is 32.8 Å². The van der Waals surface area contributed by atoms with E-state index in [0.717, 1.165) is 18.6 Å². The van der Waals surface area contributed by atoms with Crippen LogP contribution >= 0.6 is 23.2 Å². The van der Waals surface area contributed by atoms with E-state index in [9.17, 15) is 9.59 Å². The fraction of sp³-hybridized carbons (Fsp3) is 0.400. The number of hydrogen-bond acceptors (Lipinski definition) is 5. The van der Waals surface area contributed by atoms with Gasteiger partial charge in [-0.3, -0.25) is 4.79 Å². The number of halogens is 2. The smallest absolute Gasteiger partial charge is 0.367 e. The van der Waals surface area contributed by atoms with Gasteiger partial charge < -0.3 is 14.9 Å². The van der Waals surface area contributed by atoms with Crippen molar-refractivity contribution < 1.29 is 19.2 Å². The first-order valence-corrected chi connectivity index (χ1v) is 11.5. The van der Waals surface area contributed by atoms with Crippen molar-refractivity contribution >= 4 is 46.5 Å². The molecule has 4 rings (SSSR count). The van der Waals surface area contributed by atoms with Gasteiger partial charge >= 0.3 is 5.97 Å². The van der Waals surface area contributed by atoms with Gasteiger partial charge in [0.1, 0.15) is 5.75 Å². The average Bonchev–Trinajstić information content (AvgIpc) is 3.08. The number of anilines is 1. The zero-order valence-corrected chi connectivity index (χ0v) is 20.5. The van der Waals surface area contributed by atoms with Gasteiger partial charge in [-0.25, -0.2) is 4.79 Å². The van der Waals surface area contributed by atoms with Gasteiger partial charge in [0.05, 0.1) is 28.8 Å². The van der Waals surface area contributed by atoms with Crippen molar-refractivity contribution in [3.63, 3.8) is 0 Å². The lowest BCUT2D eigenvalue weighted by Gasteiger charge is -2.39. The van der Waals surface area contributed by atoms with E-state index < -0.39 is 11.4 Å². The molecule has 1 N–H and O–H groups in total. The van der Waals surface area contributed by atoms with Gasteiger partial charge in [0, 0.05) is 22.5 Å². The van der Waals surface area contributed by atoms with Crippen LogP contribution in [0.2, 0.25) is 10.0 Å². The van der Waals surface area contributed by atoms with Crippen LogP contribution in [0.5, 0.6) is 5.75 Å². The maximum atomic E-state index is 13.6. The molecule has 8 heteroatoms. The predicted octanol–water partition coefficient (Wildman–Crippen LogP) is 6.37. The van der Waals surface area contributed by atoms with Gasteiger partial charge in [-0.15, -0.1) is 0 Å². The molecule has 2 aromatic rings. The Bertz CT molecular complexity index is 1150. The quantitative estimate of drug-likeness (QED) is 0.391. The van der Waals surface area contributed by atoms with E-state index >= 15 is 0 Å². The number of carbonyl (C=O) groups excluding carboxylic acids is 2. The second kappa shape index (κ2) is 8.33. The third kappa shape index (κ3) is 3.69. The number of rotatable bonds is 5. The van der Waals surface area contributed by atoms with Crippen molar-refractivity contribution in [2.75, 3.05) is 12.4 Å². The summed E-state index contributed by atoms with van der Waals surface area (Å²) in [7, 11) is 1.60. The number of methoxy groups -OCH3 is 1. The molecule has 2 saturated carbocycles. The van der Waals surface area contributed by atoms with Gasteiger partial charge in [-0.1, -0.05) is 49.1 Å². The Labute approximate surface area is 203 Å². The highest BCUT2D eigenvalue weighted by atomic mass is 35.5. The molecule has 0 spiro atoms. The number of nitrogens with one attached hydrogen (secondary N) is 1. The van der Waals surface area contributed by atoms with Crippen LogP contribution < -0.4 is 10.1 Å². The zero-order chi connectivity index (χ0) is 24.0. The first-order chi connectivity index (χ1) is 15.5. The molecule has 2 aromatic carbocycles. The predicted molar refractivity (Wildman–Crippen MR) is 129 cm³/mol. The Balaban J connectivity index is 1.57. The van der Waals surface area contributed by atoms with Gasteiger partial charge in [0.2, 0.25) is 5.91 Å². The molecule has 2 atom stereocenters. The van der Waals surface area contributed by atoms with Gasteiger partial charge in [-0.05, 0) is 60.7 Å². The molecule has 2 aliphatic carbocycles. The number of amides is 1. The van der Waals surface area contributed by atoms with Gasteiger partial charge in [0.15, 0.2) is 0 Å². The number of oxime groups is 1. The Morgan fingerprint density at radius 2 is 1.73 bits per heavy atom. The Kier molecular flexibility index (Phi) is 5.95. The minimum Gasteiger partial charge on any atom is -0.497 e. The highest BCUT2D eigenvalue weighted by Gasteiger charge is 2.71. The summed E-state index contributed by atoms with van der Waals surface area (Å²) in [5.41, 5.74) is 0.166. The summed E-state index contributed by atoms with van der Waals surface area (Å²) in [6.45, 7) is 6.27. The van der Waals surface area contributed by atoms with Crippen molar-refractivity contribution in [2.45, 2.75) is 40.0 Å². The maximum absolute atomic E-state index is 13.6. The van der Waals surface area contributed by atoms with Crippen LogP contribution in [-0.2, 0) is 9.63 Å². The molecule has 2 unspecified atom stereocenters. The second-order valence-corrected chi connectivity index (χ2v) is 10.3. The molecule has 0 radical (unpaired) electrons. The molecule has 0 heterocycles. The first kappa shape index (κ1) is 23.6. The van der Waals surface area contributed by atoms with Crippen molar-refractivity contribution in [1.29, 1.82) is 0 Å². The molecule has 0 saturated heterocycles. The van der Waals surface area contributed by atoms with Gasteiger partial charge in [-0.2, -0.15) is 0 Å². The Hall–Kier alpha value is -2.57. The number of ether oxygens (including phenoxy) is 1. The van der Waals surface area contributed by atoms with Crippen LogP contribution in [0.4, 0.5) is 5.69 Å². The zero-order valence-electron chi connectivity index (χ0n) is 19.0. The number of carbonyl (C=O) groups is 2. The van der Waals surface area contributed by atoms with Gasteiger partial charge in [0.25, 0.3) is 0 Å². The van der Waals surface area contributed by atoms with Crippen molar-refractivity contribution in [1.82, 2.24) is 0 Å². The third-order valence-electron chi connectivity index (χ3n) is 7.91. The molecule has 174 valence electrons. The average molecular weight is 489 g/mol. The van der Waals surface area contributed by atoms with E-state index in [2.05, 4.69) is 31.2 Å².